The topological polar surface area (TPSA) is 78.6 Å². The van der Waals surface area contributed by atoms with Gasteiger partial charge in [0, 0.05) is 26.2 Å². The maximum atomic E-state index is 11.9. The Hall–Kier alpha value is -1.75. The molecule has 1 aromatic carbocycles. The number of amides is 1. The van der Waals surface area contributed by atoms with Gasteiger partial charge in [-0.25, -0.2) is 0 Å². The van der Waals surface area contributed by atoms with Crippen molar-refractivity contribution in [3.05, 3.63) is 23.8 Å². The molecular formula is C14H23N3O2. The number of aliphatic hydroxyl groups excluding tert-OH is 1. The highest BCUT2D eigenvalue weighted by atomic mass is 16.3. The van der Waals surface area contributed by atoms with Crippen molar-refractivity contribution in [1.29, 1.82) is 0 Å². The Morgan fingerprint density at radius 1 is 1.42 bits per heavy atom. The summed E-state index contributed by atoms with van der Waals surface area (Å²) in [6, 6.07) is 5.10. The molecule has 0 heterocycles. The molecule has 0 spiro atoms. The summed E-state index contributed by atoms with van der Waals surface area (Å²) in [5.41, 5.74) is 7.66. The van der Waals surface area contributed by atoms with Crippen LogP contribution < -0.4 is 11.1 Å². The second kappa shape index (κ2) is 6.43. The smallest absolute Gasteiger partial charge is 0.253 e. The third-order valence-electron chi connectivity index (χ3n) is 2.98. The van der Waals surface area contributed by atoms with Crippen molar-refractivity contribution >= 4 is 17.3 Å². The van der Waals surface area contributed by atoms with Gasteiger partial charge in [0.2, 0.25) is 0 Å². The first-order valence-corrected chi connectivity index (χ1v) is 6.36. The van der Waals surface area contributed by atoms with Gasteiger partial charge in [-0.1, -0.05) is 13.8 Å². The van der Waals surface area contributed by atoms with Crippen LogP contribution in [0.4, 0.5) is 11.4 Å². The Morgan fingerprint density at radius 3 is 2.58 bits per heavy atom. The Balaban J connectivity index is 2.83. The van der Waals surface area contributed by atoms with Gasteiger partial charge in [0.25, 0.3) is 5.91 Å². The second-order valence-corrected chi connectivity index (χ2v) is 5.19. The number of rotatable bonds is 5. The SMILES string of the molecule is CC(C)C(O)CNc1cc(C(=O)N(C)C)ccc1N. The highest BCUT2D eigenvalue weighted by Crippen LogP contribution is 2.21. The Kier molecular flexibility index (Phi) is 5.18. The van der Waals surface area contributed by atoms with Crippen molar-refractivity contribution in [3.8, 4) is 0 Å². The van der Waals surface area contributed by atoms with Crippen molar-refractivity contribution in [1.82, 2.24) is 4.90 Å². The van der Waals surface area contributed by atoms with E-state index in [-0.39, 0.29) is 11.8 Å². The maximum absolute atomic E-state index is 11.9. The van der Waals surface area contributed by atoms with E-state index in [1.54, 1.807) is 32.3 Å². The first kappa shape index (κ1) is 15.3. The van der Waals surface area contributed by atoms with Crippen LogP contribution in [-0.2, 0) is 0 Å². The van der Waals surface area contributed by atoms with E-state index in [4.69, 9.17) is 5.73 Å². The van der Waals surface area contributed by atoms with Gasteiger partial charge in [0.05, 0.1) is 17.5 Å². The highest BCUT2D eigenvalue weighted by Gasteiger charge is 2.12. The van der Waals surface area contributed by atoms with Gasteiger partial charge >= 0.3 is 0 Å². The molecule has 1 unspecified atom stereocenters. The van der Waals surface area contributed by atoms with Gasteiger partial charge in [-0.05, 0) is 24.1 Å². The summed E-state index contributed by atoms with van der Waals surface area (Å²) in [6.07, 6.45) is -0.451. The number of nitrogens with two attached hydrogens (primary N) is 1. The van der Waals surface area contributed by atoms with Crippen LogP contribution in [0.5, 0.6) is 0 Å². The van der Waals surface area contributed by atoms with Crippen LogP contribution in [0.2, 0.25) is 0 Å². The van der Waals surface area contributed by atoms with E-state index in [1.165, 1.54) is 4.90 Å². The molecule has 0 aromatic heterocycles. The molecule has 5 nitrogen and oxygen atoms in total. The zero-order valence-corrected chi connectivity index (χ0v) is 12.0. The molecule has 1 aromatic rings. The number of hydrogen-bond donors (Lipinski definition) is 3. The van der Waals surface area contributed by atoms with Crippen LogP contribution in [0.3, 0.4) is 0 Å². The fourth-order valence-corrected chi connectivity index (χ4v) is 1.55. The van der Waals surface area contributed by atoms with E-state index >= 15 is 0 Å². The molecule has 0 fully saturated rings. The third-order valence-corrected chi connectivity index (χ3v) is 2.98. The zero-order chi connectivity index (χ0) is 14.6. The van der Waals surface area contributed by atoms with E-state index in [0.29, 0.717) is 23.5 Å². The number of hydrogen-bond acceptors (Lipinski definition) is 4. The van der Waals surface area contributed by atoms with Gasteiger partial charge in [-0.2, -0.15) is 0 Å². The van der Waals surface area contributed by atoms with E-state index in [9.17, 15) is 9.90 Å². The predicted molar refractivity (Wildman–Crippen MR) is 78.2 cm³/mol. The zero-order valence-electron chi connectivity index (χ0n) is 12.0. The Bertz CT molecular complexity index is 444. The summed E-state index contributed by atoms with van der Waals surface area (Å²) in [4.78, 5) is 13.4. The maximum Gasteiger partial charge on any atom is 0.253 e. The molecule has 0 aliphatic heterocycles. The molecule has 0 saturated carbocycles. The summed E-state index contributed by atoms with van der Waals surface area (Å²) in [5.74, 6) is 0.0905. The van der Waals surface area contributed by atoms with E-state index in [1.807, 2.05) is 13.8 Å². The summed E-state index contributed by atoms with van der Waals surface area (Å²) < 4.78 is 0. The second-order valence-electron chi connectivity index (χ2n) is 5.19. The quantitative estimate of drug-likeness (QED) is 0.703. The molecule has 1 amide bonds. The number of nitrogens with zero attached hydrogens (tertiary/aromatic N) is 1. The highest BCUT2D eigenvalue weighted by molar-refractivity contribution is 5.95. The number of carbonyl (C=O) groups is 1. The third kappa shape index (κ3) is 4.13. The monoisotopic (exact) mass is 265 g/mol. The lowest BCUT2D eigenvalue weighted by Gasteiger charge is -2.18. The minimum absolute atomic E-state index is 0.0764. The largest absolute Gasteiger partial charge is 0.397 e. The average Bonchev–Trinajstić information content (AvgIpc) is 2.36. The molecule has 1 atom stereocenters. The first-order valence-electron chi connectivity index (χ1n) is 6.36. The molecule has 19 heavy (non-hydrogen) atoms. The molecule has 0 aliphatic rings. The standard InChI is InChI=1S/C14H23N3O2/c1-9(2)13(18)8-16-12-7-10(5-6-11(12)15)14(19)17(3)4/h5-7,9,13,16,18H,8,15H2,1-4H3. The molecule has 0 aliphatic carbocycles. The molecule has 4 N–H and O–H groups in total. The van der Waals surface area contributed by atoms with Crippen LogP contribution in [0.15, 0.2) is 18.2 Å². The van der Waals surface area contributed by atoms with Crippen LogP contribution in [0, 0.1) is 5.92 Å². The van der Waals surface area contributed by atoms with Crippen molar-refractivity contribution < 1.29 is 9.90 Å². The number of carbonyl (C=O) groups excluding carboxylic acids is 1. The summed E-state index contributed by atoms with van der Waals surface area (Å²) in [5, 5.41) is 12.8. The molecule has 5 heteroatoms. The van der Waals surface area contributed by atoms with Gasteiger partial charge < -0.3 is 21.1 Å². The predicted octanol–water partition coefficient (Wildman–Crippen LogP) is 1.40. The molecular weight excluding hydrogens is 242 g/mol. The van der Waals surface area contributed by atoms with Gasteiger partial charge in [0.1, 0.15) is 0 Å². The summed E-state index contributed by atoms with van der Waals surface area (Å²) in [7, 11) is 3.41. The number of nitrogen functional groups attached to an aromatic ring is 1. The van der Waals surface area contributed by atoms with Crippen LogP contribution in [0.1, 0.15) is 24.2 Å². The fraction of sp³-hybridized carbons (Fsp3) is 0.500. The average molecular weight is 265 g/mol. The molecule has 106 valence electrons. The summed E-state index contributed by atoms with van der Waals surface area (Å²) >= 11 is 0. The number of aliphatic hydroxyl groups is 1. The van der Waals surface area contributed by atoms with Crippen LogP contribution >= 0.6 is 0 Å². The Morgan fingerprint density at radius 2 is 2.05 bits per heavy atom. The minimum atomic E-state index is -0.451. The number of nitrogens with one attached hydrogen (secondary N) is 1. The van der Waals surface area contributed by atoms with E-state index in [2.05, 4.69) is 5.32 Å². The van der Waals surface area contributed by atoms with Gasteiger partial charge in [0.15, 0.2) is 0 Å². The van der Waals surface area contributed by atoms with E-state index < -0.39 is 6.10 Å². The van der Waals surface area contributed by atoms with E-state index in [0.717, 1.165) is 0 Å². The normalized spacial score (nSPS) is 12.3. The molecule has 0 bridgehead atoms. The number of anilines is 2. The van der Waals surface area contributed by atoms with Crippen LogP contribution in [-0.4, -0.2) is 42.7 Å². The summed E-state index contributed by atoms with van der Waals surface area (Å²) in [6.45, 7) is 4.30. The lowest BCUT2D eigenvalue weighted by Crippen LogP contribution is -2.25. The number of benzene rings is 1. The van der Waals surface area contributed by atoms with Gasteiger partial charge in [-0.3, -0.25) is 4.79 Å². The van der Waals surface area contributed by atoms with Gasteiger partial charge in [-0.15, -0.1) is 0 Å². The Labute approximate surface area is 114 Å². The van der Waals surface area contributed by atoms with Crippen molar-refractivity contribution in [2.75, 3.05) is 31.7 Å². The van der Waals surface area contributed by atoms with Crippen molar-refractivity contribution in [2.45, 2.75) is 20.0 Å². The lowest BCUT2D eigenvalue weighted by molar-refractivity contribution is 0.0827. The molecule has 1 rings (SSSR count). The first-order chi connectivity index (χ1) is 8.82. The molecule has 0 radical (unpaired) electrons. The van der Waals surface area contributed by atoms with Crippen LogP contribution in [0.25, 0.3) is 0 Å². The lowest BCUT2D eigenvalue weighted by atomic mass is 10.1. The fourth-order valence-electron chi connectivity index (χ4n) is 1.55. The van der Waals surface area contributed by atoms with Crippen molar-refractivity contribution in [3.63, 3.8) is 0 Å². The minimum Gasteiger partial charge on any atom is -0.397 e. The molecule has 0 saturated heterocycles. The van der Waals surface area contributed by atoms with Crippen molar-refractivity contribution in [2.24, 2.45) is 5.92 Å².